The minimum atomic E-state index is 0.516. The molecule has 1 rings (SSSR count). The number of hydrogen-bond acceptors (Lipinski definition) is 2. The Kier molecular flexibility index (Phi) is 2.71. The molecule has 11 heavy (non-hydrogen) atoms. The molecule has 0 aliphatic rings. The largest absolute Gasteiger partial charge is 0.495 e. The summed E-state index contributed by atoms with van der Waals surface area (Å²) in [5.74, 6) is 0.803. The Bertz CT molecular complexity index is 250. The fourth-order valence-corrected chi connectivity index (χ4v) is 1.10. The third-order valence-corrected chi connectivity index (χ3v) is 1.72. The lowest BCUT2D eigenvalue weighted by molar-refractivity contribution is 0.408. The first-order chi connectivity index (χ1) is 5.27. The molecule has 0 spiro atoms. The zero-order valence-electron chi connectivity index (χ0n) is 6.60. The van der Waals surface area contributed by atoms with Gasteiger partial charge >= 0.3 is 0 Å². The van der Waals surface area contributed by atoms with Crippen LogP contribution in [0.1, 0.15) is 12.5 Å². The van der Waals surface area contributed by atoms with Crippen LogP contribution in [0.3, 0.4) is 0 Å². The number of nitrogens with zero attached hydrogens (tertiary/aromatic N) is 1. The van der Waals surface area contributed by atoms with E-state index in [0.717, 1.165) is 17.7 Å². The molecule has 0 aliphatic heterocycles. The molecule has 1 heterocycles. The van der Waals surface area contributed by atoms with Crippen molar-refractivity contribution in [2.45, 2.75) is 13.3 Å². The molecule has 1 aromatic rings. The lowest BCUT2D eigenvalue weighted by Crippen LogP contribution is -1.91. The molecule has 0 atom stereocenters. The fourth-order valence-electron chi connectivity index (χ4n) is 0.915. The van der Waals surface area contributed by atoms with Crippen LogP contribution in [0.15, 0.2) is 12.3 Å². The monoisotopic (exact) mass is 171 g/mol. The topological polar surface area (TPSA) is 22.1 Å². The van der Waals surface area contributed by atoms with Crippen LogP contribution >= 0.6 is 11.6 Å². The van der Waals surface area contributed by atoms with Crippen LogP contribution in [0.2, 0.25) is 5.15 Å². The fraction of sp³-hybridized carbons (Fsp3) is 0.375. The summed E-state index contributed by atoms with van der Waals surface area (Å²) >= 11 is 5.69. The normalized spacial score (nSPS) is 9.73. The molecule has 2 nitrogen and oxygen atoms in total. The Morgan fingerprint density at radius 3 is 2.91 bits per heavy atom. The third kappa shape index (κ3) is 1.84. The Morgan fingerprint density at radius 1 is 1.64 bits per heavy atom. The molecule has 0 fully saturated rings. The summed E-state index contributed by atoms with van der Waals surface area (Å²) in [5.41, 5.74) is 1.09. The van der Waals surface area contributed by atoms with Crippen molar-refractivity contribution in [3.63, 3.8) is 0 Å². The van der Waals surface area contributed by atoms with Crippen molar-refractivity contribution in [2.75, 3.05) is 7.11 Å². The molecule has 3 heteroatoms. The van der Waals surface area contributed by atoms with E-state index in [1.54, 1.807) is 13.3 Å². The summed E-state index contributed by atoms with van der Waals surface area (Å²) in [6.45, 7) is 2.05. The van der Waals surface area contributed by atoms with Gasteiger partial charge in [-0.15, -0.1) is 0 Å². The molecule has 0 bridgehead atoms. The second-order valence-electron chi connectivity index (χ2n) is 2.17. The van der Waals surface area contributed by atoms with Gasteiger partial charge in [-0.25, -0.2) is 4.98 Å². The SMILES string of the molecule is CCc1cc(Cl)ncc1OC. The maximum Gasteiger partial charge on any atom is 0.140 e. The van der Waals surface area contributed by atoms with Gasteiger partial charge in [-0.05, 0) is 18.1 Å². The first kappa shape index (κ1) is 8.34. The molecule has 0 amide bonds. The van der Waals surface area contributed by atoms with Gasteiger partial charge in [0.15, 0.2) is 0 Å². The Labute approximate surface area is 71.2 Å². The predicted molar refractivity (Wildman–Crippen MR) is 45.2 cm³/mol. The Balaban J connectivity index is 3.06. The van der Waals surface area contributed by atoms with Crippen LogP contribution in [0, 0.1) is 0 Å². The van der Waals surface area contributed by atoms with Crippen molar-refractivity contribution < 1.29 is 4.74 Å². The second kappa shape index (κ2) is 3.58. The van der Waals surface area contributed by atoms with E-state index in [4.69, 9.17) is 16.3 Å². The summed E-state index contributed by atoms with van der Waals surface area (Å²) in [5, 5.41) is 0.516. The lowest BCUT2D eigenvalue weighted by atomic mass is 10.2. The standard InChI is InChI=1S/C8H10ClNO/c1-3-6-4-8(9)10-5-7(6)11-2/h4-5H,3H2,1-2H3. The summed E-state index contributed by atoms with van der Waals surface area (Å²) < 4.78 is 5.07. The van der Waals surface area contributed by atoms with E-state index in [-0.39, 0.29) is 0 Å². The van der Waals surface area contributed by atoms with Crippen LogP contribution in [-0.2, 0) is 6.42 Å². The van der Waals surface area contributed by atoms with Crippen molar-refractivity contribution in [3.05, 3.63) is 23.0 Å². The first-order valence-electron chi connectivity index (χ1n) is 3.46. The molecule has 1 aromatic heterocycles. The van der Waals surface area contributed by atoms with E-state index in [2.05, 4.69) is 4.98 Å². The number of hydrogen-bond donors (Lipinski definition) is 0. The summed E-state index contributed by atoms with van der Waals surface area (Å²) in [4.78, 5) is 3.90. The minimum Gasteiger partial charge on any atom is -0.495 e. The third-order valence-electron chi connectivity index (χ3n) is 1.52. The van der Waals surface area contributed by atoms with E-state index in [1.807, 2.05) is 13.0 Å². The number of ether oxygens (including phenoxy) is 1. The molecule has 0 saturated carbocycles. The molecule has 0 unspecified atom stereocenters. The van der Waals surface area contributed by atoms with Crippen LogP contribution in [-0.4, -0.2) is 12.1 Å². The molecular formula is C8H10ClNO. The molecular weight excluding hydrogens is 162 g/mol. The molecule has 0 aromatic carbocycles. The van der Waals surface area contributed by atoms with Crippen molar-refractivity contribution in [3.8, 4) is 5.75 Å². The number of aryl methyl sites for hydroxylation is 1. The number of rotatable bonds is 2. The maximum absolute atomic E-state index is 5.69. The summed E-state index contributed by atoms with van der Waals surface area (Å²) in [6.07, 6.45) is 2.55. The van der Waals surface area contributed by atoms with E-state index in [0.29, 0.717) is 5.15 Å². The quantitative estimate of drug-likeness (QED) is 0.638. The highest BCUT2D eigenvalue weighted by Gasteiger charge is 2.00. The zero-order valence-corrected chi connectivity index (χ0v) is 7.35. The summed E-state index contributed by atoms with van der Waals surface area (Å²) in [6, 6.07) is 1.82. The molecule has 60 valence electrons. The average Bonchev–Trinajstić information content (AvgIpc) is 2.04. The molecule has 0 aliphatic carbocycles. The number of pyridine rings is 1. The van der Waals surface area contributed by atoms with Gasteiger partial charge in [-0.3, -0.25) is 0 Å². The lowest BCUT2D eigenvalue weighted by Gasteiger charge is -2.04. The van der Waals surface area contributed by atoms with Crippen LogP contribution < -0.4 is 4.74 Å². The zero-order chi connectivity index (χ0) is 8.27. The van der Waals surface area contributed by atoms with Gasteiger partial charge in [0.05, 0.1) is 13.3 Å². The van der Waals surface area contributed by atoms with Crippen molar-refractivity contribution in [1.82, 2.24) is 4.98 Å². The van der Waals surface area contributed by atoms with Gasteiger partial charge in [-0.2, -0.15) is 0 Å². The van der Waals surface area contributed by atoms with Gasteiger partial charge in [-0.1, -0.05) is 18.5 Å². The van der Waals surface area contributed by atoms with E-state index >= 15 is 0 Å². The molecule has 0 N–H and O–H groups in total. The van der Waals surface area contributed by atoms with Crippen LogP contribution in [0.4, 0.5) is 0 Å². The second-order valence-corrected chi connectivity index (χ2v) is 2.56. The number of halogens is 1. The highest BCUT2D eigenvalue weighted by Crippen LogP contribution is 2.19. The number of methoxy groups -OCH3 is 1. The van der Waals surface area contributed by atoms with Crippen molar-refractivity contribution >= 4 is 11.6 Å². The Hall–Kier alpha value is -0.760. The molecule has 0 saturated heterocycles. The van der Waals surface area contributed by atoms with Crippen molar-refractivity contribution in [1.29, 1.82) is 0 Å². The van der Waals surface area contributed by atoms with Crippen LogP contribution in [0.25, 0.3) is 0 Å². The smallest absolute Gasteiger partial charge is 0.140 e. The Morgan fingerprint density at radius 2 is 2.36 bits per heavy atom. The highest BCUT2D eigenvalue weighted by molar-refractivity contribution is 6.29. The maximum atomic E-state index is 5.69. The first-order valence-corrected chi connectivity index (χ1v) is 3.84. The van der Waals surface area contributed by atoms with Gasteiger partial charge in [0, 0.05) is 0 Å². The molecule has 0 radical (unpaired) electrons. The highest BCUT2D eigenvalue weighted by atomic mass is 35.5. The van der Waals surface area contributed by atoms with Gasteiger partial charge in [0.1, 0.15) is 10.9 Å². The van der Waals surface area contributed by atoms with E-state index < -0.39 is 0 Å². The average molecular weight is 172 g/mol. The summed E-state index contributed by atoms with van der Waals surface area (Å²) in [7, 11) is 1.63. The van der Waals surface area contributed by atoms with E-state index in [1.165, 1.54) is 0 Å². The predicted octanol–water partition coefficient (Wildman–Crippen LogP) is 2.31. The van der Waals surface area contributed by atoms with Crippen molar-refractivity contribution in [2.24, 2.45) is 0 Å². The van der Waals surface area contributed by atoms with Crippen LogP contribution in [0.5, 0.6) is 5.75 Å². The van der Waals surface area contributed by atoms with Gasteiger partial charge < -0.3 is 4.74 Å². The van der Waals surface area contributed by atoms with Gasteiger partial charge in [0.2, 0.25) is 0 Å². The van der Waals surface area contributed by atoms with E-state index in [9.17, 15) is 0 Å². The minimum absolute atomic E-state index is 0.516. The number of aromatic nitrogens is 1. The van der Waals surface area contributed by atoms with Gasteiger partial charge in [0.25, 0.3) is 0 Å².